The van der Waals surface area contributed by atoms with Gasteiger partial charge in [0.15, 0.2) is 0 Å². The molecule has 0 bridgehead atoms. The summed E-state index contributed by atoms with van der Waals surface area (Å²) in [6.07, 6.45) is 0.878. The van der Waals surface area contributed by atoms with Crippen molar-refractivity contribution in [1.82, 2.24) is 9.88 Å². The Kier molecular flexibility index (Phi) is 5.77. The van der Waals surface area contributed by atoms with E-state index in [2.05, 4.69) is 12.2 Å². The van der Waals surface area contributed by atoms with Crippen molar-refractivity contribution in [2.75, 3.05) is 0 Å². The van der Waals surface area contributed by atoms with Gasteiger partial charge in [0.05, 0.1) is 0 Å². The lowest BCUT2D eigenvalue weighted by Crippen LogP contribution is -2.33. The van der Waals surface area contributed by atoms with E-state index in [-0.39, 0.29) is 11.1 Å². The van der Waals surface area contributed by atoms with E-state index >= 15 is 0 Å². The number of aromatic nitrogens is 1. The highest BCUT2D eigenvalue weighted by molar-refractivity contribution is 6.30. The molecule has 1 N–H and O–H groups in total. The zero-order valence-corrected chi connectivity index (χ0v) is 16.1. The maximum atomic E-state index is 13.0. The maximum Gasteiger partial charge on any atom is 0.268 e. The summed E-state index contributed by atoms with van der Waals surface area (Å²) in [6.45, 7) is 4.25. The third kappa shape index (κ3) is 4.29. The molecule has 0 radical (unpaired) electrons. The van der Waals surface area contributed by atoms with E-state index in [0.29, 0.717) is 11.6 Å². The number of aryl methyl sites for hydroxylation is 2. The van der Waals surface area contributed by atoms with Crippen LogP contribution in [0.1, 0.15) is 34.1 Å². The maximum absolute atomic E-state index is 13.0. The summed E-state index contributed by atoms with van der Waals surface area (Å²) in [4.78, 5) is 25.5. The number of carbonyl (C=O) groups excluding carboxylic acids is 1. The van der Waals surface area contributed by atoms with Gasteiger partial charge in [-0.1, -0.05) is 42.8 Å². The Bertz CT molecular complexity index is 1020. The van der Waals surface area contributed by atoms with Crippen LogP contribution in [0.15, 0.2) is 65.5 Å². The first-order valence-electron chi connectivity index (χ1n) is 8.84. The largest absolute Gasteiger partial charge is 0.348 e. The molecule has 3 rings (SSSR count). The number of nitrogens with zero attached hydrogens (tertiary/aromatic N) is 1. The highest BCUT2D eigenvalue weighted by Crippen LogP contribution is 2.13. The molecule has 1 amide bonds. The second-order valence-corrected chi connectivity index (χ2v) is 6.80. The monoisotopic (exact) mass is 380 g/mol. The normalized spacial score (nSPS) is 10.6. The van der Waals surface area contributed by atoms with Gasteiger partial charge in [0, 0.05) is 22.9 Å². The lowest BCUT2D eigenvalue weighted by atomic mass is 10.1. The lowest BCUT2D eigenvalue weighted by molar-refractivity contribution is 0.0949. The Morgan fingerprint density at radius 3 is 2.48 bits per heavy atom. The predicted octanol–water partition coefficient (Wildman–Crippen LogP) is 4.29. The molecule has 0 aliphatic heterocycles. The van der Waals surface area contributed by atoms with Crippen LogP contribution in [0.5, 0.6) is 0 Å². The van der Waals surface area contributed by atoms with Crippen LogP contribution < -0.4 is 10.9 Å². The van der Waals surface area contributed by atoms with Gasteiger partial charge in [-0.25, -0.2) is 0 Å². The first-order chi connectivity index (χ1) is 13.0. The summed E-state index contributed by atoms with van der Waals surface area (Å²) in [5.41, 5.74) is 3.40. The summed E-state index contributed by atoms with van der Waals surface area (Å²) in [6, 6.07) is 18.4. The zero-order valence-electron chi connectivity index (χ0n) is 15.3. The minimum atomic E-state index is -0.393. The van der Waals surface area contributed by atoms with Gasteiger partial charge >= 0.3 is 0 Å². The Morgan fingerprint density at radius 1 is 1.04 bits per heavy atom. The first kappa shape index (κ1) is 18.9. The molecule has 5 heteroatoms. The van der Waals surface area contributed by atoms with Gasteiger partial charge < -0.3 is 5.32 Å². The quantitative estimate of drug-likeness (QED) is 0.717. The van der Waals surface area contributed by atoms with Crippen LogP contribution in [0.2, 0.25) is 5.02 Å². The predicted molar refractivity (Wildman–Crippen MR) is 109 cm³/mol. The zero-order chi connectivity index (χ0) is 19.4. The Morgan fingerprint density at radius 2 is 1.78 bits per heavy atom. The van der Waals surface area contributed by atoms with Crippen molar-refractivity contribution < 1.29 is 4.79 Å². The fraction of sp³-hybridized carbons (Fsp3) is 0.182. The van der Waals surface area contributed by atoms with Crippen molar-refractivity contribution in [2.24, 2.45) is 0 Å². The van der Waals surface area contributed by atoms with Gasteiger partial charge in [-0.2, -0.15) is 0 Å². The number of benzene rings is 2. The highest BCUT2D eigenvalue weighted by Gasteiger charge is 2.15. The van der Waals surface area contributed by atoms with Crippen LogP contribution in [-0.4, -0.2) is 10.5 Å². The number of hydrogen-bond donors (Lipinski definition) is 1. The molecule has 4 nitrogen and oxygen atoms in total. The molecular formula is C22H21ClN2O2. The molecule has 27 heavy (non-hydrogen) atoms. The molecule has 2 aromatic carbocycles. The second kappa shape index (κ2) is 8.23. The molecule has 138 valence electrons. The van der Waals surface area contributed by atoms with E-state index in [1.807, 2.05) is 43.3 Å². The van der Waals surface area contributed by atoms with Gasteiger partial charge in [-0.15, -0.1) is 0 Å². The van der Waals surface area contributed by atoms with Gasteiger partial charge in [0.2, 0.25) is 0 Å². The van der Waals surface area contributed by atoms with Crippen LogP contribution in [0.4, 0.5) is 0 Å². The van der Waals surface area contributed by atoms with Crippen LogP contribution in [0.25, 0.3) is 5.69 Å². The van der Waals surface area contributed by atoms with E-state index in [1.165, 1.54) is 0 Å². The lowest BCUT2D eigenvalue weighted by Gasteiger charge is -2.13. The van der Waals surface area contributed by atoms with E-state index in [9.17, 15) is 9.59 Å². The summed E-state index contributed by atoms with van der Waals surface area (Å²) in [5, 5.41) is 3.44. The van der Waals surface area contributed by atoms with Crippen molar-refractivity contribution in [2.45, 2.75) is 26.8 Å². The van der Waals surface area contributed by atoms with Crippen molar-refractivity contribution >= 4 is 17.5 Å². The smallest absolute Gasteiger partial charge is 0.268 e. The number of nitrogens with one attached hydrogen (secondary N) is 1. The summed E-state index contributed by atoms with van der Waals surface area (Å²) in [5.74, 6) is -0.393. The number of halogens is 1. The molecule has 1 heterocycles. The Labute approximate surface area is 163 Å². The molecule has 0 aliphatic rings. The van der Waals surface area contributed by atoms with E-state index < -0.39 is 5.91 Å². The molecule has 0 saturated heterocycles. The van der Waals surface area contributed by atoms with Gasteiger partial charge in [-0.3, -0.25) is 14.2 Å². The van der Waals surface area contributed by atoms with Gasteiger partial charge in [0.1, 0.15) is 5.56 Å². The molecule has 0 unspecified atom stereocenters. The third-order valence-corrected chi connectivity index (χ3v) is 4.72. The van der Waals surface area contributed by atoms with Crippen molar-refractivity contribution in [1.29, 1.82) is 0 Å². The van der Waals surface area contributed by atoms with Crippen molar-refractivity contribution in [3.8, 4) is 5.69 Å². The average Bonchev–Trinajstić information content (AvgIpc) is 2.67. The van der Waals surface area contributed by atoms with Crippen LogP contribution in [0, 0.1) is 6.92 Å². The van der Waals surface area contributed by atoms with E-state index in [1.54, 1.807) is 28.8 Å². The molecular weight excluding hydrogens is 360 g/mol. The van der Waals surface area contributed by atoms with E-state index in [4.69, 9.17) is 11.6 Å². The molecule has 0 aliphatic carbocycles. The molecule has 1 aromatic heterocycles. The molecule has 0 atom stereocenters. The minimum Gasteiger partial charge on any atom is -0.348 e. The third-order valence-electron chi connectivity index (χ3n) is 4.47. The fourth-order valence-corrected chi connectivity index (χ4v) is 3.05. The highest BCUT2D eigenvalue weighted by atomic mass is 35.5. The molecule has 3 aromatic rings. The number of hydrogen-bond acceptors (Lipinski definition) is 2. The topological polar surface area (TPSA) is 51.1 Å². The summed E-state index contributed by atoms with van der Waals surface area (Å²) < 4.78 is 1.58. The second-order valence-electron chi connectivity index (χ2n) is 6.36. The number of amides is 1. The SMILES string of the molecule is CCc1cccc(-n2c(C)ccc(C(=O)NCc3ccc(Cl)cc3)c2=O)c1. The van der Waals surface area contributed by atoms with Crippen molar-refractivity contribution in [3.05, 3.63) is 98.4 Å². The number of pyridine rings is 1. The molecule has 0 spiro atoms. The van der Waals surface area contributed by atoms with Crippen LogP contribution in [0.3, 0.4) is 0 Å². The Hall–Kier alpha value is -2.85. The summed E-state index contributed by atoms with van der Waals surface area (Å²) >= 11 is 5.87. The van der Waals surface area contributed by atoms with Crippen molar-refractivity contribution in [3.63, 3.8) is 0 Å². The standard InChI is InChI=1S/C22H21ClN2O2/c1-3-16-5-4-6-19(13-16)25-15(2)7-12-20(22(25)27)21(26)24-14-17-8-10-18(23)11-9-17/h4-13H,3,14H2,1-2H3,(H,24,26). The Balaban J connectivity index is 1.89. The summed E-state index contributed by atoms with van der Waals surface area (Å²) in [7, 11) is 0. The van der Waals surface area contributed by atoms with Gasteiger partial charge in [0.25, 0.3) is 11.5 Å². The van der Waals surface area contributed by atoms with Gasteiger partial charge in [-0.05, 0) is 60.9 Å². The first-order valence-corrected chi connectivity index (χ1v) is 9.22. The number of rotatable bonds is 5. The minimum absolute atomic E-state index is 0.122. The average molecular weight is 381 g/mol. The van der Waals surface area contributed by atoms with Crippen LogP contribution >= 0.6 is 11.6 Å². The van der Waals surface area contributed by atoms with Crippen LogP contribution in [-0.2, 0) is 13.0 Å². The van der Waals surface area contributed by atoms with E-state index in [0.717, 1.165) is 28.9 Å². The molecule has 0 saturated carbocycles. The fourth-order valence-electron chi connectivity index (χ4n) is 2.92. The number of carbonyl (C=O) groups is 1. The molecule has 0 fully saturated rings.